The van der Waals surface area contributed by atoms with E-state index in [0.29, 0.717) is 6.54 Å². The Morgan fingerprint density at radius 2 is 2.15 bits per heavy atom. The van der Waals surface area contributed by atoms with Crippen molar-refractivity contribution in [2.24, 2.45) is 5.73 Å². The van der Waals surface area contributed by atoms with Crippen molar-refractivity contribution in [3.05, 3.63) is 34.9 Å². The molecule has 0 spiro atoms. The summed E-state index contributed by atoms with van der Waals surface area (Å²) in [5, 5.41) is 0. The van der Waals surface area contributed by atoms with Gasteiger partial charge in [0.25, 0.3) is 0 Å². The molecular weight excluding hydrogens is 165 g/mol. The van der Waals surface area contributed by atoms with Gasteiger partial charge in [0.1, 0.15) is 6.67 Å². The van der Waals surface area contributed by atoms with Gasteiger partial charge in [-0.15, -0.1) is 0 Å². The summed E-state index contributed by atoms with van der Waals surface area (Å²) in [6.45, 7) is 2.36. The molecule has 0 amide bonds. The molecule has 72 valence electrons. The Morgan fingerprint density at radius 3 is 2.77 bits per heavy atom. The van der Waals surface area contributed by atoms with Crippen LogP contribution in [-0.4, -0.2) is 6.54 Å². The molecule has 0 fully saturated rings. The maximum atomic E-state index is 12.3. The lowest BCUT2D eigenvalue weighted by Crippen LogP contribution is -2.01. The van der Waals surface area contributed by atoms with Crippen LogP contribution in [0.15, 0.2) is 18.2 Å². The zero-order valence-corrected chi connectivity index (χ0v) is 8.02. The Labute approximate surface area is 78.8 Å². The van der Waals surface area contributed by atoms with E-state index in [9.17, 15) is 4.39 Å². The summed E-state index contributed by atoms with van der Waals surface area (Å²) in [5.74, 6) is 0. The lowest BCUT2D eigenvalue weighted by Gasteiger charge is -2.06. The standard InChI is InChI=1S/C11H16FN/c1-9-4-5-10(8-12)7-11(9)3-2-6-13/h4-5,7H,2-3,6,8,13H2,1H3. The third-order valence-electron chi connectivity index (χ3n) is 2.22. The van der Waals surface area contributed by atoms with Crippen molar-refractivity contribution in [3.8, 4) is 0 Å². The molecule has 0 saturated heterocycles. The van der Waals surface area contributed by atoms with E-state index in [1.807, 2.05) is 25.1 Å². The van der Waals surface area contributed by atoms with E-state index in [0.717, 1.165) is 18.4 Å². The van der Waals surface area contributed by atoms with Crippen molar-refractivity contribution in [1.82, 2.24) is 0 Å². The molecule has 0 heterocycles. The summed E-state index contributed by atoms with van der Waals surface area (Å²) in [4.78, 5) is 0. The number of alkyl halides is 1. The molecule has 0 aliphatic heterocycles. The lowest BCUT2D eigenvalue weighted by atomic mass is 10.0. The fourth-order valence-electron chi connectivity index (χ4n) is 1.37. The van der Waals surface area contributed by atoms with E-state index < -0.39 is 0 Å². The Bertz CT molecular complexity index is 271. The monoisotopic (exact) mass is 181 g/mol. The number of hydrogen-bond donors (Lipinski definition) is 1. The summed E-state index contributed by atoms with van der Waals surface area (Å²) < 4.78 is 12.3. The molecule has 0 unspecified atom stereocenters. The van der Waals surface area contributed by atoms with Gasteiger partial charge < -0.3 is 5.73 Å². The summed E-state index contributed by atoms with van der Waals surface area (Å²) in [7, 11) is 0. The van der Waals surface area contributed by atoms with E-state index in [2.05, 4.69) is 0 Å². The average Bonchev–Trinajstić information content (AvgIpc) is 2.17. The molecule has 0 aromatic heterocycles. The fourth-order valence-corrected chi connectivity index (χ4v) is 1.37. The van der Waals surface area contributed by atoms with Crippen molar-refractivity contribution in [3.63, 3.8) is 0 Å². The number of nitrogens with two attached hydrogens (primary N) is 1. The minimum absolute atomic E-state index is 0.379. The highest BCUT2D eigenvalue weighted by molar-refractivity contribution is 5.30. The van der Waals surface area contributed by atoms with E-state index in [1.165, 1.54) is 11.1 Å². The molecule has 0 atom stereocenters. The van der Waals surface area contributed by atoms with Gasteiger partial charge in [-0.1, -0.05) is 18.2 Å². The summed E-state index contributed by atoms with van der Waals surface area (Å²) in [6, 6.07) is 5.74. The Kier molecular flexibility index (Phi) is 3.90. The number of hydrogen-bond acceptors (Lipinski definition) is 1. The van der Waals surface area contributed by atoms with E-state index in [4.69, 9.17) is 5.73 Å². The molecule has 1 nitrogen and oxygen atoms in total. The van der Waals surface area contributed by atoms with E-state index >= 15 is 0 Å². The van der Waals surface area contributed by atoms with Crippen LogP contribution >= 0.6 is 0 Å². The fraction of sp³-hybridized carbons (Fsp3) is 0.455. The lowest BCUT2D eigenvalue weighted by molar-refractivity contribution is 0.485. The van der Waals surface area contributed by atoms with Crippen molar-refractivity contribution >= 4 is 0 Å². The molecule has 13 heavy (non-hydrogen) atoms. The highest BCUT2D eigenvalue weighted by atomic mass is 19.1. The molecule has 1 aromatic carbocycles. The van der Waals surface area contributed by atoms with Gasteiger partial charge in [-0.2, -0.15) is 0 Å². The van der Waals surface area contributed by atoms with Crippen LogP contribution < -0.4 is 5.73 Å². The minimum atomic E-state index is -0.379. The van der Waals surface area contributed by atoms with Crippen LogP contribution in [0, 0.1) is 6.92 Å². The predicted octanol–water partition coefficient (Wildman–Crippen LogP) is 2.36. The first kappa shape index (κ1) is 10.2. The van der Waals surface area contributed by atoms with Crippen molar-refractivity contribution < 1.29 is 4.39 Å². The van der Waals surface area contributed by atoms with Crippen LogP contribution in [0.25, 0.3) is 0 Å². The summed E-state index contributed by atoms with van der Waals surface area (Å²) >= 11 is 0. The third-order valence-corrected chi connectivity index (χ3v) is 2.22. The largest absolute Gasteiger partial charge is 0.330 e. The van der Waals surface area contributed by atoms with Crippen molar-refractivity contribution in [2.45, 2.75) is 26.4 Å². The molecule has 2 heteroatoms. The first-order valence-electron chi connectivity index (χ1n) is 4.62. The van der Waals surface area contributed by atoms with E-state index in [1.54, 1.807) is 0 Å². The molecule has 0 saturated carbocycles. The Hall–Kier alpha value is -0.890. The smallest absolute Gasteiger partial charge is 0.115 e. The second kappa shape index (κ2) is 4.97. The number of benzene rings is 1. The van der Waals surface area contributed by atoms with Gasteiger partial charge in [0, 0.05) is 0 Å². The number of rotatable bonds is 4. The molecule has 1 rings (SSSR count). The van der Waals surface area contributed by atoms with Crippen LogP contribution in [0.3, 0.4) is 0 Å². The normalized spacial score (nSPS) is 10.4. The zero-order valence-electron chi connectivity index (χ0n) is 8.02. The molecule has 1 aromatic rings. The second-order valence-electron chi connectivity index (χ2n) is 3.29. The van der Waals surface area contributed by atoms with Crippen LogP contribution in [0.1, 0.15) is 23.1 Å². The van der Waals surface area contributed by atoms with Crippen molar-refractivity contribution in [1.29, 1.82) is 0 Å². The van der Waals surface area contributed by atoms with E-state index in [-0.39, 0.29) is 6.67 Å². The zero-order chi connectivity index (χ0) is 9.68. The highest BCUT2D eigenvalue weighted by Crippen LogP contribution is 2.13. The van der Waals surface area contributed by atoms with Gasteiger partial charge in [0.05, 0.1) is 0 Å². The van der Waals surface area contributed by atoms with Gasteiger partial charge >= 0.3 is 0 Å². The Morgan fingerprint density at radius 1 is 1.38 bits per heavy atom. The van der Waals surface area contributed by atoms with Crippen LogP contribution in [-0.2, 0) is 13.1 Å². The maximum Gasteiger partial charge on any atom is 0.115 e. The van der Waals surface area contributed by atoms with Crippen LogP contribution in [0.4, 0.5) is 4.39 Å². The second-order valence-corrected chi connectivity index (χ2v) is 3.29. The Balaban J connectivity index is 2.78. The molecule has 0 bridgehead atoms. The first-order chi connectivity index (χ1) is 6.27. The minimum Gasteiger partial charge on any atom is -0.330 e. The molecule has 2 N–H and O–H groups in total. The third kappa shape index (κ3) is 2.81. The highest BCUT2D eigenvalue weighted by Gasteiger charge is 1.99. The van der Waals surface area contributed by atoms with Crippen molar-refractivity contribution in [2.75, 3.05) is 6.54 Å². The van der Waals surface area contributed by atoms with Gasteiger partial charge in [0.15, 0.2) is 0 Å². The van der Waals surface area contributed by atoms with Gasteiger partial charge in [-0.05, 0) is 43.0 Å². The topological polar surface area (TPSA) is 26.0 Å². The van der Waals surface area contributed by atoms with Crippen LogP contribution in [0.2, 0.25) is 0 Å². The van der Waals surface area contributed by atoms with Crippen LogP contribution in [0.5, 0.6) is 0 Å². The average molecular weight is 181 g/mol. The molecule has 0 aliphatic rings. The quantitative estimate of drug-likeness (QED) is 0.758. The summed E-state index contributed by atoms with van der Waals surface area (Å²) in [5.41, 5.74) is 8.63. The predicted molar refractivity (Wildman–Crippen MR) is 53.4 cm³/mol. The number of halogens is 1. The molecule has 0 radical (unpaired) electrons. The summed E-state index contributed by atoms with van der Waals surface area (Å²) in [6.07, 6.45) is 1.92. The maximum absolute atomic E-state index is 12.3. The first-order valence-corrected chi connectivity index (χ1v) is 4.62. The molecular formula is C11H16FN. The SMILES string of the molecule is Cc1ccc(CF)cc1CCCN. The van der Waals surface area contributed by atoms with Gasteiger partial charge in [-0.3, -0.25) is 0 Å². The van der Waals surface area contributed by atoms with Gasteiger partial charge in [0.2, 0.25) is 0 Å². The number of aryl methyl sites for hydroxylation is 2. The van der Waals surface area contributed by atoms with Gasteiger partial charge in [-0.25, -0.2) is 4.39 Å². The molecule has 0 aliphatic carbocycles.